The van der Waals surface area contributed by atoms with Gasteiger partial charge in [-0.3, -0.25) is 0 Å². The number of halogens is 3. The van der Waals surface area contributed by atoms with Crippen LogP contribution in [0.15, 0.2) is 29.3 Å². The Morgan fingerprint density at radius 2 is 1.94 bits per heavy atom. The monoisotopic (exact) mass is 251 g/mol. The van der Waals surface area contributed by atoms with Crippen molar-refractivity contribution < 1.29 is 13.5 Å². The number of rotatable bonds is 4. The minimum absolute atomic E-state index is 0. The molecular formula is C9H12ClF2N3O. The fourth-order valence-corrected chi connectivity index (χ4v) is 1.02. The van der Waals surface area contributed by atoms with Crippen LogP contribution in [0.3, 0.4) is 0 Å². The maximum atomic E-state index is 12.0. The Morgan fingerprint density at radius 1 is 1.31 bits per heavy atom. The molecule has 7 heteroatoms. The predicted molar refractivity (Wildman–Crippen MR) is 59.8 cm³/mol. The van der Waals surface area contributed by atoms with Gasteiger partial charge < -0.3 is 16.2 Å². The van der Waals surface area contributed by atoms with Gasteiger partial charge in [-0.05, 0) is 6.07 Å². The van der Waals surface area contributed by atoms with Gasteiger partial charge in [0.25, 0.3) is 0 Å². The van der Waals surface area contributed by atoms with Crippen molar-refractivity contribution in [2.75, 3.05) is 0 Å². The first-order valence-corrected chi connectivity index (χ1v) is 4.17. The second-order valence-electron chi connectivity index (χ2n) is 2.73. The molecule has 0 aliphatic carbocycles. The topological polar surface area (TPSA) is 73.6 Å². The fraction of sp³-hybridized carbons (Fsp3) is 0.222. The molecule has 0 radical (unpaired) electrons. The van der Waals surface area contributed by atoms with Crippen LogP contribution in [0.1, 0.15) is 5.56 Å². The Hall–Kier alpha value is -1.56. The second kappa shape index (κ2) is 6.84. The highest BCUT2D eigenvalue weighted by molar-refractivity contribution is 5.85. The van der Waals surface area contributed by atoms with Gasteiger partial charge in [-0.15, -0.1) is 12.4 Å². The number of para-hydroxylation sites is 1. The number of alkyl halides is 2. The molecule has 1 rings (SSSR count). The predicted octanol–water partition coefficient (Wildman–Crippen LogP) is 1.48. The summed E-state index contributed by atoms with van der Waals surface area (Å²) >= 11 is 0. The van der Waals surface area contributed by atoms with E-state index in [1.807, 2.05) is 0 Å². The van der Waals surface area contributed by atoms with Crippen molar-refractivity contribution in [3.05, 3.63) is 29.8 Å². The molecule has 0 aliphatic heterocycles. The molecule has 0 saturated carbocycles. The van der Waals surface area contributed by atoms with Crippen LogP contribution in [0.5, 0.6) is 5.75 Å². The maximum absolute atomic E-state index is 12.0. The molecule has 0 spiro atoms. The SMILES string of the molecule is Cl.NC(N)=NCc1ccccc1OC(F)F. The third kappa shape index (κ3) is 4.79. The van der Waals surface area contributed by atoms with Gasteiger partial charge in [0, 0.05) is 5.56 Å². The fourth-order valence-electron chi connectivity index (χ4n) is 1.02. The molecule has 0 aliphatic rings. The smallest absolute Gasteiger partial charge is 0.387 e. The van der Waals surface area contributed by atoms with Crippen molar-refractivity contribution in [1.29, 1.82) is 0 Å². The van der Waals surface area contributed by atoms with E-state index in [0.29, 0.717) is 5.56 Å². The summed E-state index contributed by atoms with van der Waals surface area (Å²) < 4.78 is 28.3. The molecule has 0 unspecified atom stereocenters. The molecule has 0 fully saturated rings. The van der Waals surface area contributed by atoms with Gasteiger partial charge in [-0.2, -0.15) is 8.78 Å². The molecule has 4 nitrogen and oxygen atoms in total. The van der Waals surface area contributed by atoms with E-state index >= 15 is 0 Å². The van der Waals surface area contributed by atoms with Crippen molar-refractivity contribution >= 4 is 18.4 Å². The molecule has 0 atom stereocenters. The molecule has 1 aromatic rings. The minimum Gasteiger partial charge on any atom is -0.434 e. The molecule has 0 aromatic heterocycles. The molecular weight excluding hydrogens is 240 g/mol. The van der Waals surface area contributed by atoms with Gasteiger partial charge in [-0.1, -0.05) is 18.2 Å². The van der Waals surface area contributed by atoms with E-state index in [1.54, 1.807) is 18.2 Å². The van der Waals surface area contributed by atoms with Gasteiger partial charge in [0.05, 0.1) is 6.54 Å². The summed E-state index contributed by atoms with van der Waals surface area (Å²) in [4.78, 5) is 3.71. The van der Waals surface area contributed by atoms with Gasteiger partial charge in [0.1, 0.15) is 5.75 Å². The number of ether oxygens (including phenoxy) is 1. The first-order chi connectivity index (χ1) is 7.09. The summed E-state index contributed by atoms with van der Waals surface area (Å²) in [6.45, 7) is -2.74. The highest BCUT2D eigenvalue weighted by atomic mass is 35.5. The molecule has 0 heterocycles. The first kappa shape index (κ1) is 14.4. The van der Waals surface area contributed by atoms with Gasteiger partial charge in [0.2, 0.25) is 0 Å². The zero-order valence-corrected chi connectivity index (χ0v) is 9.08. The van der Waals surface area contributed by atoms with Crippen LogP contribution in [-0.2, 0) is 6.54 Å². The Bertz CT molecular complexity index is 356. The van der Waals surface area contributed by atoms with E-state index in [0.717, 1.165) is 0 Å². The average molecular weight is 252 g/mol. The van der Waals surface area contributed by atoms with Crippen LogP contribution in [0, 0.1) is 0 Å². The lowest BCUT2D eigenvalue weighted by atomic mass is 10.2. The van der Waals surface area contributed by atoms with E-state index in [1.165, 1.54) is 6.07 Å². The number of hydrogen-bond acceptors (Lipinski definition) is 2. The zero-order chi connectivity index (χ0) is 11.3. The van der Waals surface area contributed by atoms with Gasteiger partial charge >= 0.3 is 6.61 Å². The highest BCUT2D eigenvalue weighted by Crippen LogP contribution is 2.20. The van der Waals surface area contributed by atoms with Crippen LogP contribution < -0.4 is 16.2 Å². The largest absolute Gasteiger partial charge is 0.434 e. The summed E-state index contributed by atoms with van der Waals surface area (Å²) in [5, 5.41) is 0. The van der Waals surface area contributed by atoms with E-state index < -0.39 is 6.61 Å². The molecule has 4 N–H and O–H groups in total. The Kier molecular flexibility index (Phi) is 6.17. The summed E-state index contributed by atoms with van der Waals surface area (Å²) in [5.41, 5.74) is 10.8. The summed E-state index contributed by atoms with van der Waals surface area (Å²) in [6.07, 6.45) is 0. The zero-order valence-electron chi connectivity index (χ0n) is 8.27. The number of aliphatic imine (C=N–C) groups is 1. The van der Waals surface area contributed by atoms with Crippen LogP contribution >= 0.6 is 12.4 Å². The van der Waals surface area contributed by atoms with Crippen molar-refractivity contribution in [2.45, 2.75) is 13.2 Å². The van der Waals surface area contributed by atoms with Crippen LogP contribution in [0.2, 0.25) is 0 Å². The Labute approximate surface area is 97.7 Å². The van der Waals surface area contributed by atoms with E-state index in [4.69, 9.17) is 11.5 Å². The Morgan fingerprint density at radius 3 is 2.50 bits per heavy atom. The number of hydrogen-bond donors (Lipinski definition) is 2. The van der Waals surface area contributed by atoms with Crippen molar-refractivity contribution in [3.8, 4) is 5.75 Å². The average Bonchev–Trinajstić information content (AvgIpc) is 2.15. The molecule has 1 aromatic carbocycles. The number of nitrogens with two attached hydrogens (primary N) is 2. The van der Waals surface area contributed by atoms with Crippen LogP contribution in [-0.4, -0.2) is 12.6 Å². The lowest BCUT2D eigenvalue weighted by molar-refractivity contribution is -0.0504. The quantitative estimate of drug-likeness (QED) is 0.629. The lowest BCUT2D eigenvalue weighted by Crippen LogP contribution is -2.22. The van der Waals surface area contributed by atoms with Crippen molar-refractivity contribution in [3.63, 3.8) is 0 Å². The van der Waals surface area contributed by atoms with Crippen molar-refractivity contribution in [2.24, 2.45) is 16.5 Å². The molecule has 0 saturated heterocycles. The van der Waals surface area contributed by atoms with E-state index in [9.17, 15) is 8.78 Å². The second-order valence-corrected chi connectivity index (χ2v) is 2.73. The van der Waals surface area contributed by atoms with Crippen molar-refractivity contribution in [1.82, 2.24) is 0 Å². The summed E-state index contributed by atoms with van der Waals surface area (Å²) in [6, 6.07) is 6.33. The highest BCUT2D eigenvalue weighted by Gasteiger charge is 2.08. The van der Waals surface area contributed by atoms with Crippen LogP contribution in [0.25, 0.3) is 0 Å². The van der Waals surface area contributed by atoms with Crippen LogP contribution in [0.4, 0.5) is 8.78 Å². The van der Waals surface area contributed by atoms with E-state index in [-0.39, 0.29) is 30.7 Å². The number of guanidine groups is 1. The normalized spacial score (nSPS) is 9.44. The minimum atomic E-state index is -2.86. The number of benzene rings is 1. The summed E-state index contributed by atoms with van der Waals surface area (Å²) in [5.74, 6) is -0.0145. The number of nitrogens with zero attached hydrogens (tertiary/aromatic N) is 1. The third-order valence-corrected chi connectivity index (χ3v) is 1.62. The first-order valence-electron chi connectivity index (χ1n) is 4.17. The molecule has 0 bridgehead atoms. The standard InChI is InChI=1S/C9H11F2N3O.ClH/c10-8(11)15-7-4-2-1-3-6(7)5-14-9(12)13;/h1-4,8H,5H2,(H4,12,13,14);1H. The third-order valence-electron chi connectivity index (χ3n) is 1.62. The molecule has 16 heavy (non-hydrogen) atoms. The van der Waals surface area contributed by atoms with E-state index in [2.05, 4.69) is 9.73 Å². The Balaban J connectivity index is 0.00000225. The molecule has 0 amide bonds. The lowest BCUT2D eigenvalue weighted by Gasteiger charge is -2.08. The maximum Gasteiger partial charge on any atom is 0.387 e. The molecule has 90 valence electrons. The summed E-state index contributed by atoms with van der Waals surface area (Å²) in [7, 11) is 0. The van der Waals surface area contributed by atoms with Gasteiger partial charge in [0.15, 0.2) is 5.96 Å². The van der Waals surface area contributed by atoms with Gasteiger partial charge in [-0.25, -0.2) is 4.99 Å².